The Morgan fingerprint density at radius 2 is 2.09 bits per heavy atom. The maximum absolute atomic E-state index is 9.16. The molecule has 1 aromatic carbocycles. The molecule has 0 spiro atoms. The lowest BCUT2D eigenvalue weighted by molar-refractivity contribution is 0.266. The normalized spacial score (nSPS) is 12.5. The van der Waals surface area contributed by atoms with Gasteiger partial charge in [0.2, 0.25) is 11.7 Å². The third-order valence-electron chi connectivity index (χ3n) is 3.52. The monoisotopic (exact) mass is 331 g/mol. The summed E-state index contributed by atoms with van der Waals surface area (Å²) in [7, 11) is 1.81. The number of aryl methyl sites for hydroxylation is 1. The molecule has 3 rings (SSSR count). The fraction of sp³-hybridized carbons (Fsp3) is 0.333. The molecule has 3 aromatic rings. The summed E-state index contributed by atoms with van der Waals surface area (Å²) in [6, 6.07) is 7.91. The number of hydrogen-bond acceptors (Lipinski definition) is 7. The molecule has 0 aliphatic heterocycles. The van der Waals surface area contributed by atoms with Crippen LogP contribution < -0.4 is 0 Å². The zero-order chi connectivity index (χ0) is 16.4. The van der Waals surface area contributed by atoms with Crippen LogP contribution in [0.15, 0.2) is 33.9 Å². The van der Waals surface area contributed by atoms with E-state index >= 15 is 0 Å². The highest BCUT2D eigenvalue weighted by Gasteiger charge is 2.20. The van der Waals surface area contributed by atoms with Gasteiger partial charge in [0.15, 0.2) is 11.0 Å². The van der Waals surface area contributed by atoms with Gasteiger partial charge in [-0.15, -0.1) is 10.2 Å². The van der Waals surface area contributed by atoms with Crippen molar-refractivity contribution < 1.29 is 9.63 Å². The van der Waals surface area contributed by atoms with Gasteiger partial charge in [0.05, 0.1) is 5.25 Å². The number of benzene rings is 1. The quantitative estimate of drug-likeness (QED) is 0.718. The van der Waals surface area contributed by atoms with Crippen molar-refractivity contribution in [3.63, 3.8) is 0 Å². The lowest BCUT2D eigenvalue weighted by Gasteiger charge is -2.05. The van der Waals surface area contributed by atoms with Gasteiger partial charge in [-0.1, -0.05) is 41.2 Å². The summed E-state index contributed by atoms with van der Waals surface area (Å²) in [4.78, 5) is 4.49. The second-order valence-corrected chi connectivity index (χ2v) is 6.46. The van der Waals surface area contributed by atoms with Crippen molar-refractivity contribution in [3.8, 4) is 11.4 Å². The lowest BCUT2D eigenvalue weighted by Crippen LogP contribution is -1.99. The molecule has 2 aromatic heterocycles. The SMILES string of the molecule is Cc1ccccc1-c1noc(C(C)Sc2nnc(CO)n2C)n1. The molecule has 1 unspecified atom stereocenters. The van der Waals surface area contributed by atoms with Crippen LogP contribution in [0, 0.1) is 6.92 Å². The van der Waals surface area contributed by atoms with Crippen LogP contribution in [0.3, 0.4) is 0 Å². The van der Waals surface area contributed by atoms with E-state index in [1.165, 1.54) is 11.8 Å². The first-order chi connectivity index (χ1) is 11.1. The maximum atomic E-state index is 9.16. The van der Waals surface area contributed by atoms with E-state index in [2.05, 4.69) is 20.3 Å². The summed E-state index contributed by atoms with van der Waals surface area (Å²) >= 11 is 1.45. The van der Waals surface area contributed by atoms with E-state index in [1.54, 1.807) is 4.57 Å². The van der Waals surface area contributed by atoms with E-state index in [-0.39, 0.29) is 11.9 Å². The van der Waals surface area contributed by atoms with E-state index in [0.29, 0.717) is 22.7 Å². The van der Waals surface area contributed by atoms with Gasteiger partial charge in [0.1, 0.15) is 6.61 Å². The Morgan fingerprint density at radius 3 is 2.78 bits per heavy atom. The molecule has 23 heavy (non-hydrogen) atoms. The van der Waals surface area contributed by atoms with Crippen LogP contribution in [-0.2, 0) is 13.7 Å². The van der Waals surface area contributed by atoms with Crippen molar-refractivity contribution in [2.75, 3.05) is 0 Å². The molecule has 0 bridgehead atoms. The van der Waals surface area contributed by atoms with Crippen LogP contribution >= 0.6 is 11.8 Å². The van der Waals surface area contributed by atoms with E-state index in [1.807, 2.05) is 45.2 Å². The van der Waals surface area contributed by atoms with Gasteiger partial charge < -0.3 is 14.2 Å². The summed E-state index contributed by atoms with van der Waals surface area (Å²) in [5.74, 6) is 1.63. The van der Waals surface area contributed by atoms with Gasteiger partial charge in [-0.05, 0) is 19.4 Å². The molecule has 8 heteroatoms. The average molecular weight is 331 g/mol. The number of rotatable bonds is 5. The van der Waals surface area contributed by atoms with Gasteiger partial charge in [-0.2, -0.15) is 4.98 Å². The van der Waals surface area contributed by atoms with Gasteiger partial charge >= 0.3 is 0 Å². The van der Waals surface area contributed by atoms with Crippen LogP contribution in [0.1, 0.15) is 29.5 Å². The van der Waals surface area contributed by atoms with Crippen molar-refractivity contribution in [2.24, 2.45) is 7.05 Å². The molecule has 0 radical (unpaired) electrons. The first-order valence-electron chi connectivity index (χ1n) is 7.15. The predicted molar refractivity (Wildman–Crippen MR) is 85.7 cm³/mol. The molecule has 7 nitrogen and oxygen atoms in total. The molecular formula is C15H17N5O2S. The van der Waals surface area contributed by atoms with Crippen molar-refractivity contribution in [3.05, 3.63) is 41.5 Å². The van der Waals surface area contributed by atoms with Gasteiger partial charge in [0.25, 0.3) is 0 Å². The molecule has 120 valence electrons. The van der Waals surface area contributed by atoms with E-state index < -0.39 is 0 Å². The summed E-state index contributed by atoms with van der Waals surface area (Å²) in [6.07, 6.45) is 0. The summed E-state index contributed by atoms with van der Waals surface area (Å²) in [6.45, 7) is 3.84. The lowest BCUT2D eigenvalue weighted by atomic mass is 10.1. The Bertz CT molecular complexity index is 814. The molecule has 1 N–H and O–H groups in total. The number of thioether (sulfide) groups is 1. The third-order valence-corrected chi connectivity index (χ3v) is 4.65. The molecule has 0 saturated heterocycles. The first kappa shape index (κ1) is 15.7. The number of aromatic nitrogens is 5. The summed E-state index contributed by atoms with van der Waals surface area (Å²) in [5.41, 5.74) is 2.06. The summed E-state index contributed by atoms with van der Waals surface area (Å²) in [5, 5.41) is 21.8. The minimum Gasteiger partial charge on any atom is -0.388 e. The van der Waals surface area contributed by atoms with E-state index in [4.69, 9.17) is 9.63 Å². The van der Waals surface area contributed by atoms with Crippen molar-refractivity contribution in [2.45, 2.75) is 30.9 Å². The van der Waals surface area contributed by atoms with Gasteiger partial charge in [0, 0.05) is 12.6 Å². The first-order valence-corrected chi connectivity index (χ1v) is 8.03. The molecule has 0 amide bonds. The minimum atomic E-state index is -0.142. The molecule has 0 fully saturated rings. The van der Waals surface area contributed by atoms with Gasteiger partial charge in [-0.3, -0.25) is 0 Å². The Hall–Kier alpha value is -2.19. The Kier molecular flexibility index (Phi) is 4.44. The average Bonchev–Trinajstić information content (AvgIpc) is 3.16. The largest absolute Gasteiger partial charge is 0.388 e. The number of aliphatic hydroxyl groups is 1. The van der Waals surface area contributed by atoms with Crippen LogP contribution in [0.2, 0.25) is 0 Å². The van der Waals surface area contributed by atoms with E-state index in [0.717, 1.165) is 11.1 Å². The summed E-state index contributed by atoms with van der Waals surface area (Å²) < 4.78 is 7.14. The number of aliphatic hydroxyl groups excluding tert-OH is 1. The molecule has 1 atom stereocenters. The zero-order valence-electron chi connectivity index (χ0n) is 13.1. The van der Waals surface area contributed by atoms with Crippen molar-refractivity contribution >= 4 is 11.8 Å². The van der Waals surface area contributed by atoms with E-state index in [9.17, 15) is 0 Å². The third kappa shape index (κ3) is 3.13. The van der Waals surface area contributed by atoms with Gasteiger partial charge in [-0.25, -0.2) is 0 Å². The second kappa shape index (κ2) is 6.51. The predicted octanol–water partition coefficient (Wildman–Crippen LogP) is 2.52. The topological polar surface area (TPSA) is 89.9 Å². The molecular weight excluding hydrogens is 314 g/mol. The smallest absolute Gasteiger partial charge is 0.240 e. The fourth-order valence-corrected chi connectivity index (χ4v) is 2.99. The fourth-order valence-electron chi connectivity index (χ4n) is 2.13. The molecule has 0 aliphatic carbocycles. The minimum absolute atomic E-state index is 0.0743. The van der Waals surface area contributed by atoms with Crippen LogP contribution in [0.4, 0.5) is 0 Å². The van der Waals surface area contributed by atoms with Crippen LogP contribution in [0.25, 0.3) is 11.4 Å². The standard InChI is InChI=1S/C15H17N5O2S/c1-9-6-4-5-7-11(9)13-16-14(22-19-13)10(2)23-15-18-17-12(8-21)20(15)3/h4-7,10,21H,8H2,1-3H3. The highest BCUT2D eigenvalue weighted by molar-refractivity contribution is 7.99. The maximum Gasteiger partial charge on any atom is 0.240 e. The highest BCUT2D eigenvalue weighted by atomic mass is 32.2. The molecule has 0 aliphatic rings. The zero-order valence-corrected chi connectivity index (χ0v) is 13.9. The van der Waals surface area contributed by atoms with Crippen LogP contribution in [-0.4, -0.2) is 30.0 Å². The Labute approximate surface area is 137 Å². The Morgan fingerprint density at radius 1 is 1.30 bits per heavy atom. The van der Waals surface area contributed by atoms with Crippen LogP contribution in [0.5, 0.6) is 0 Å². The van der Waals surface area contributed by atoms with Crippen molar-refractivity contribution in [1.29, 1.82) is 0 Å². The molecule has 2 heterocycles. The van der Waals surface area contributed by atoms with Crippen molar-refractivity contribution in [1.82, 2.24) is 24.9 Å². The second-order valence-electron chi connectivity index (χ2n) is 5.15. The number of hydrogen-bond donors (Lipinski definition) is 1. The molecule has 0 saturated carbocycles. The highest BCUT2D eigenvalue weighted by Crippen LogP contribution is 2.33. The Balaban J connectivity index is 1.80. The number of nitrogens with zero attached hydrogens (tertiary/aromatic N) is 5.